The van der Waals surface area contributed by atoms with Crippen molar-refractivity contribution in [3.63, 3.8) is 0 Å². The van der Waals surface area contributed by atoms with Crippen molar-refractivity contribution in [1.82, 2.24) is 10.1 Å². The minimum absolute atomic E-state index is 0.0818. The molecule has 19 heavy (non-hydrogen) atoms. The number of aryl methyl sites for hydroxylation is 1. The van der Waals surface area contributed by atoms with Crippen LogP contribution in [0.25, 0.3) is 0 Å². The number of carboxylic acid groups (broad SMARTS) is 1. The number of ether oxygens (including phenoxy) is 1. The second-order valence-electron chi connectivity index (χ2n) is 4.92. The third kappa shape index (κ3) is 4.65. The maximum absolute atomic E-state index is 10.4. The van der Waals surface area contributed by atoms with E-state index in [0.29, 0.717) is 6.61 Å². The van der Waals surface area contributed by atoms with E-state index in [9.17, 15) is 4.79 Å². The van der Waals surface area contributed by atoms with E-state index < -0.39 is 5.97 Å². The maximum atomic E-state index is 10.4. The number of aliphatic carboxylic acids is 1. The first-order valence-corrected chi connectivity index (χ1v) is 6.61. The van der Waals surface area contributed by atoms with Gasteiger partial charge in [0.05, 0.1) is 24.8 Å². The topological polar surface area (TPSA) is 75.8 Å². The first kappa shape index (κ1) is 14.0. The Labute approximate surface area is 112 Å². The fourth-order valence-electron chi connectivity index (χ4n) is 2.27. The Morgan fingerprint density at radius 1 is 1.58 bits per heavy atom. The zero-order valence-corrected chi connectivity index (χ0v) is 11.2. The van der Waals surface area contributed by atoms with Crippen molar-refractivity contribution in [1.29, 1.82) is 0 Å². The van der Waals surface area contributed by atoms with Gasteiger partial charge in [0, 0.05) is 25.7 Å². The van der Waals surface area contributed by atoms with Crippen molar-refractivity contribution in [2.24, 2.45) is 0 Å². The number of piperidine rings is 1. The van der Waals surface area contributed by atoms with Gasteiger partial charge < -0.3 is 14.4 Å². The van der Waals surface area contributed by atoms with Gasteiger partial charge in [0.25, 0.3) is 0 Å². The number of likely N-dealkylation sites (tertiary alicyclic amines) is 1. The SMILES string of the molecule is Cc1cc(CN2CCC(OCCC(=O)O)CC2)no1. The molecule has 0 saturated carbocycles. The summed E-state index contributed by atoms with van der Waals surface area (Å²) in [4.78, 5) is 12.7. The van der Waals surface area contributed by atoms with E-state index >= 15 is 0 Å². The van der Waals surface area contributed by atoms with Gasteiger partial charge in [-0.1, -0.05) is 5.16 Å². The molecule has 1 saturated heterocycles. The second-order valence-corrected chi connectivity index (χ2v) is 4.92. The summed E-state index contributed by atoms with van der Waals surface area (Å²) in [5.74, 6) is 0.0285. The van der Waals surface area contributed by atoms with Crippen LogP contribution < -0.4 is 0 Å². The van der Waals surface area contributed by atoms with E-state index in [1.807, 2.05) is 13.0 Å². The molecule has 0 aliphatic carbocycles. The summed E-state index contributed by atoms with van der Waals surface area (Å²) in [6.45, 7) is 4.90. The van der Waals surface area contributed by atoms with Crippen molar-refractivity contribution in [2.45, 2.75) is 38.8 Å². The third-order valence-corrected chi connectivity index (χ3v) is 3.27. The van der Waals surface area contributed by atoms with Crippen LogP contribution in [0.5, 0.6) is 0 Å². The molecule has 1 aromatic heterocycles. The number of nitrogens with zero attached hydrogens (tertiary/aromatic N) is 2. The Balaban J connectivity index is 1.66. The number of rotatable bonds is 6. The molecule has 6 heteroatoms. The lowest BCUT2D eigenvalue weighted by atomic mass is 10.1. The highest BCUT2D eigenvalue weighted by atomic mass is 16.5. The highest BCUT2D eigenvalue weighted by molar-refractivity contribution is 5.66. The van der Waals surface area contributed by atoms with Gasteiger partial charge in [0.2, 0.25) is 0 Å². The zero-order valence-electron chi connectivity index (χ0n) is 11.2. The number of aromatic nitrogens is 1. The normalized spacial score (nSPS) is 17.7. The maximum Gasteiger partial charge on any atom is 0.305 e. The summed E-state index contributed by atoms with van der Waals surface area (Å²) in [6.07, 6.45) is 2.15. The molecule has 1 N–H and O–H groups in total. The second kappa shape index (κ2) is 6.68. The monoisotopic (exact) mass is 268 g/mol. The molecule has 2 rings (SSSR count). The minimum Gasteiger partial charge on any atom is -0.481 e. The van der Waals surface area contributed by atoms with E-state index in [0.717, 1.165) is 43.9 Å². The van der Waals surface area contributed by atoms with Gasteiger partial charge in [0.15, 0.2) is 0 Å². The average Bonchev–Trinajstić information content (AvgIpc) is 2.77. The Bertz CT molecular complexity index is 411. The summed E-state index contributed by atoms with van der Waals surface area (Å²) < 4.78 is 10.6. The number of carbonyl (C=O) groups is 1. The summed E-state index contributed by atoms with van der Waals surface area (Å²) >= 11 is 0. The molecule has 0 spiro atoms. The van der Waals surface area contributed by atoms with Crippen LogP contribution in [0.2, 0.25) is 0 Å². The van der Waals surface area contributed by atoms with Crippen LogP contribution in [0.15, 0.2) is 10.6 Å². The Morgan fingerprint density at radius 3 is 2.89 bits per heavy atom. The average molecular weight is 268 g/mol. The smallest absolute Gasteiger partial charge is 0.305 e. The molecule has 1 fully saturated rings. The Hall–Kier alpha value is -1.40. The Kier molecular flexibility index (Phi) is 4.93. The largest absolute Gasteiger partial charge is 0.481 e. The molecule has 6 nitrogen and oxygen atoms in total. The van der Waals surface area contributed by atoms with Gasteiger partial charge in [-0.15, -0.1) is 0 Å². The summed E-state index contributed by atoms with van der Waals surface area (Å²) in [6, 6.07) is 1.95. The quantitative estimate of drug-likeness (QED) is 0.841. The number of carboxylic acids is 1. The molecule has 0 amide bonds. The van der Waals surface area contributed by atoms with Crippen LogP contribution in [0.4, 0.5) is 0 Å². The standard InChI is InChI=1S/C13H20N2O4/c1-10-8-11(14-19-10)9-15-5-2-12(3-6-15)18-7-4-13(16)17/h8,12H,2-7,9H2,1H3,(H,16,17). The van der Waals surface area contributed by atoms with E-state index in [4.69, 9.17) is 14.4 Å². The predicted octanol–water partition coefficient (Wildman–Crippen LogP) is 1.44. The van der Waals surface area contributed by atoms with Gasteiger partial charge in [0.1, 0.15) is 5.76 Å². The van der Waals surface area contributed by atoms with Crippen molar-refractivity contribution in [3.05, 3.63) is 17.5 Å². The summed E-state index contributed by atoms with van der Waals surface area (Å²) in [5, 5.41) is 12.5. The van der Waals surface area contributed by atoms with E-state index in [1.165, 1.54) is 0 Å². The lowest BCUT2D eigenvalue weighted by molar-refractivity contribution is -0.138. The fraction of sp³-hybridized carbons (Fsp3) is 0.692. The van der Waals surface area contributed by atoms with Gasteiger partial charge in [-0.05, 0) is 19.8 Å². The van der Waals surface area contributed by atoms with Gasteiger partial charge in [-0.3, -0.25) is 9.69 Å². The van der Waals surface area contributed by atoms with Crippen LogP contribution in [0.3, 0.4) is 0 Å². The zero-order chi connectivity index (χ0) is 13.7. The van der Waals surface area contributed by atoms with Crippen LogP contribution >= 0.6 is 0 Å². The molecule has 0 aromatic carbocycles. The van der Waals surface area contributed by atoms with Crippen molar-refractivity contribution in [3.8, 4) is 0 Å². The fourth-order valence-corrected chi connectivity index (χ4v) is 2.27. The molecule has 0 bridgehead atoms. The van der Waals surface area contributed by atoms with Gasteiger partial charge >= 0.3 is 5.97 Å². The lowest BCUT2D eigenvalue weighted by Gasteiger charge is -2.31. The van der Waals surface area contributed by atoms with Crippen LogP contribution in [0, 0.1) is 6.92 Å². The molecule has 0 unspecified atom stereocenters. The minimum atomic E-state index is -0.807. The number of hydrogen-bond acceptors (Lipinski definition) is 5. The molecule has 1 aliphatic heterocycles. The van der Waals surface area contributed by atoms with Crippen molar-refractivity contribution in [2.75, 3.05) is 19.7 Å². The highest BCUT2D eigenvalue weighted by Gasteiger charge is 2.20. The molecule has 106 valence electrons. The molecule has 2 heterocycles. The van der Waals surface area contributed by atoms with Gasteiger partial charge in [-0.2, -0.15) is 0 Å². The van der Waals surface area contributed by atoms with Crippen LogP contribution in [-0.2, 0) is 16.1 Å². The summed E-state index contributed by atoms with van der Waals surface area (Å²) in [7, 11) is 0. The van der Waals surface area contributed by atoms with Crippen LogP contribution in [-0.4, -0.2) is 46.9 Å². The van der Waals surface area contributed by atoms with Gasteiger partial charge in [-0.25, -0.2) is 0 Å². The first-order chi connectivity index (χ1) is 9.13. The predicted molar refractivity (Wildman–Crippen MR) is 67.7 cm³/mol. The van der Waals surface area contributed by atoms with E-state index in [-0.39, 0.29) is 12.5 Å². The molecular weight excluding hydrogens is 248 g/mol. The first-order valence-electron chi connectivity index (χ1n) is 6.61. The highest BCUT2D eigenvalue weighted by Crippen LogP contribution is 2.16. The molecule has 1 aliphatic rings. The molecule has 0 atom stereocenters. The lowest BCUT2D eigenvalue weighted by Crippen LogP contribution is -2.36. The molecular formula is C13H20N2O4. The number of hydrogen-bond donors (Lipinski definition) is 1. The van der Waals surface area contributed by atoms with Crippen LogP contribution in [0.1, 0.15) is 30.7 Å². The van der Waals surface area contributed by atoms with E-state index in [1.54, 1.807) is 0 Å². The van der Waals surface area contributed by atoms with Crippen molar-refractivity contribution < 1.29 is 19.2 Å². The van der Waals surface area contributed by atoms with Crippen molar-refractivity contribution >= 4 is 5.97 Å². The summed E-state index contributed by atoms with van der Waals surface area (Å²) in [5.41, 5.74) is 0.961. The third-order valence-electron chi connectivity index (χ3n) is 3.27. The Morgan fingerprint density at radius 2 is 2.32 bits per heavy atom. The molecule has 0 radical (unpaired) electrons. The molecule has 1 aromatic rings. The van der Waals surface area contributed by atoms with E-state index in [2.05, 4.69) is 10.1 Å².